The van der Waals surface area contributed by atoms with Gasteiger partial charge in [0.15, 0.2) is 0 Å². The van der Waals surface area contributed by atoms with Crippen LogP contribution < -0.4 is 5.32 Å². The summed E-state index contributed by atoms with van der Waals surface area (Å²) in [5.41, 5.74) is 4.38. The van der Waals surface area contributed by atoms with E-state index in [2.05, 4.69) is 38.2 Å². The van der Waals surface area contributed by atoms with Crippen LogP contribution in [0.4, 0.5) is 0 Å². The Balaban J connectivity index is 2.30. The molecule has 94 valence electrons. The van der Waals surface area contributed by atoms with Gasteiger partial charge in [0.25, 0.3) is 0 Å². The number of aryl methyl sites for hydroxylation is 2. The van der Waals surface area contributed by atoms with Crippen LogP contribution in [0.2, 0.25) is 0 Å². The Bertz CT molecular complexity index is 387. The van der Waals surface area contributed by atoms with Crippen LogP contribution in [0.3, 0.4) is 0 Å². The molecule has 17 heavy (non-hydrogen) atoms. The van der Waals surface area contributed by atoms with E-state index < -0.39 is 0 Å². The fourth-order valence-corrected chi connectivity index (χ4v) is 3.52. The summed E-state index contributed by atoms with van der Waals surface area (Å²) in [5, 5.41) is 3.70. The van der Waals surface area contributed by atoms with Gasteiger partial charge in [0, 0.05) is 10.9 Å². The predicted octanol–water partition coefficient (Wildman–Crippen LogP) is 4.23. The molecular formula is C15H23NS. The molecule has 1 N–H and O–H groups in total. The maximum Gasteiger partial charge on any atom is 0.0331 e. The van der Waals surface area contributed by atoms with Gasteiger partial charge in [-0.1, -0.05) is 13.0 Å². The summed E-state index contributed by atoms with van der Waals surface area (Å²) < 4.78 is 0. The maximum atomic E-state index is 3.70. The van der Waals surface area contributed by atoms with Crippen molar-refractivity contribution >= 4 is 11.8 Å². The van der Waals surface area contributed by atoms with Crippen molar-refractivity contribution in [2.75, 3.05) is 12.3 Å². The zero-order valence-electron chi connectivity index (χ0n) is 11.2. The molecule has 1 nitrogen and oxygen atoms in total. The molecule has 1 unspecified atom stereocenters. The highest BCUT2D eigenvalue weighted by Crippen LogP contribution is 2.36. The molecule has 1 aromatic carbocycles. The topological polar surface area (TPSA) is 12.0 Å². The molecule has 1 heterocycles. The van der Waals surface area contributed by atoms with E-state index in [0.717, 1.165) is 6.54 Å². The molecule has 0 saturated heterocycles. The first-order chi connectivity index (χ1) is 8.22. The largest absolute Gasteiger partial charge is 0.310 e. The molecule has 1 aromatic rings. The van der Waals surface area contributed by atoms with E-state index in [-0.39, 0.29) is 0 Å². The van der Waals surface area contributed by atoms with Crippen LogP contribution in [-0.2, 0) is 0 Å². The monoisotopic (exact) mass is 249 g/mol. The lowest BCUT2D eigenvalue weighted by molar-refractivity contribution is 0.493. The van der Waals surface area contributed by atoms with Gasteiger partial charge in [-0.15, -0.1) is 11.8 Å². The lowest BCUT2D eigenvalue weighted by Gasteiger charge is -2.20. The number of benzene rings is 1. The third kappa shape index (κ3) is 3.05. The van der Waals surface area contributed by atoms with Crippen LogP contribution in [0.15, 0.2) is 17.0 Å². The average Bonchev–Trinajstić information content (AvgIpc) is 2.50. The molecule has 1 aliphatic rings. The highest BCUT2D eigenvalue weighted by molar-refractivity contribution is 7.99. The van der Waals surface area contributed by atoms with Crippen LogP contribution >= 0.6 is 11.8 Å². The fourth-order valence-electron chi connectivity index (χ4n) is 2.37. The number of rotatable bonds is 3. The van der Waals surface area contributed by atoms with Crippen molar-refractivity contribution < 1.29 is 0 Å². The van der Waals surface area contributed by atoms with E-state index in [4.69, 9.17) is 0 Å². The van der Waals surface area contributed by atoms with Crippen molar-refractivity contribution in [2.24, 2.45) is 0 Å². The molecule has 0 spiro atoms. The number of hydrogen-bond acceptors (Lipinski definition) is 2. The van der Waals surface area contributed by atoms with Crippen molar-refractivity contribution in [3.8, 4) is 0 Å². The molecule has 0 aliphatic carbocycles. The van der Waals surface area contributed by atoms with Crippen molar-refractivity contribution in [1.82, 2.24) is 5.32 Å². The quantitative estimate of drug-likeness (QED) is 0.860. The average molecular weight is 249 g/mol. The highest BCUT2D eigenvalue weighted by Gasteiger charge is 2.19. The van der Waals surface area contributed by atoms with Crippen LogP contribution in [-0.4, -0.2) is 12.3 Å². The Hall–Kier alpha value is -0.470. The van der Waals surface area contributed by atoms with E-state index in [0.29, 0.717) is 6.04 Å². The zero-order chi connectivity index (χ0) is 12.3. The Morgan fingerprint density at radius 2 is 2.06 bits per heavy atom. The van der Waals surface area contributed by atoms with Gasteiger partial charge in [-0.3, -0.25) is 0 Å². The van der Waals surface area contributed by atoms with Gasteiger partial charge >= 0.3 is 0 Å². The molecule has 0 aromatic heterocycles. The Morgan fingerprint density at radius 1 is 1.29 bits per heavy atom. The minimum absolute atomic E-state index is 0.569. The number of nitrogens with one attached hydrogen (secondary N) is 1. The Labute approximate surface area is 109 Å². The second kappa shape index (κ2) is 5.92. The van der Waals surface area contributed by atoms with Crippen molar-refractivity contribution in [2.45, 2.75) is 51.0 Å². The van der Waals surface area contributed by atoms with Gasteiger partial charge < -0.3 is 5.32 Å². The van der Waals surface area contributed by atoms with Crippen molar-refractivity contribution in [3.05, 3.63) is 28.8 Å². The molecule has 2 rings (SSSR count). The van der Waals surface area contributed by atoms with Gasteiger partial charge in [-0.25, -0.2) is 0 Å². The maximum absolute atomic E-state index is 3.70. The highest BCUT2D eigenvalue weighted by atomic mass is 32.2. The van der Waals surface area contributed by atoms with Crippen molar-refractivity contribution in [3.63, 3.8) is 0 Å². The van der Waals surface area contributed by atoms with Gasteiger partial charge in [0.05, 0.1) is 0 Å². The van der Waals surface area contributed by atoms with Crippen molar-refractivity contribution in [1.29, 1.82) is 0 Å². The molecule has 2 heteroatoms. The molecule has 1 atom stereocenters. The molecule has 0 radical (unpaired) electrons. The van der Waals surface area contributed by atoms with E-state index in [1.807, 2.05) is 11.8 Å². The smallest absolute Gasteiger partial charge is 0.0331 e. The number of hydrogen-bond donors (Lipinski definition) is 1. The predicted molar refractivity (Wildman–Crippen MR) is 76.9 cm³/mol. The minimum Gasteiger partial charge on any atom is -0.310 e. The van der Waals surface area contributed by atoms with Gasteiger partial charge in [0.2, 0.25) is 0 Å². The molecule has 0 amide bonds. The summed E-state index contributed by atoms with van der Waals surface area (Å²) in [4.78, 5) is 1.50. The van der Waals surface area contributed by atoms with E-state index >= 15 is 0 Å². The summed E-state index contributed by atoms with van der Waals surface area (Å²) in [6, 6.07) is 5.34. The first kappa shape index (κ1) is 13.0. The van der Waals surface area contributed by atoms with E-state index in [9.17, 15) is 0 Å². The number of thioether (sulfide) groups is 1. The van der Waals surface area contributed by atoms with Crippen LogP contribution in [0.5, 0.6) is 0 Å². The lowest BCUT2D eigenvalue weighted by atomic mass is 9.98. The third-order valence-electron chi connectivity index (χ3n) is 3.54. The first-order valence-electron chi connectivity index (χ1n) is 6.69. The molecule has 0 bridgehead atoms. The summed E-state index contributed by atoms with van der Waals surface area (Å²) in [7, 11) is 0. The van der Waals surface area contributed by atoms with Crippen LogP contribution in [0.25, 0.3) is 0 Å². The van der Waals surface area contributed by atoms with Gasteiger partial charge in [-0.2, -0.15) is 0 Å². The Kier molecular flexibility index (Phi) is 4.52. The SMILES string of the molecule is CCCNC1CCCSc2cc(C)c(C)cc21. The van der Waals surface area contributed by atoms with E-state index in [1.165, 1.54) is 46.6 Å². The molecular weight excluding hydrogens is 226 g/mol. The van der Waals surface area contributed by atoms with Crippen LogP contribution in [0.1, 0.15) is 48.9 Å². The first-order valence-corrected chi connectivity index (χ1v) is 7.68. The van der Waals surface area contributed by atoms with E-state index in [1.54, 1.807) is 0 Å². The normalized spacial score (nSPS) is 19.8. The summed E-state index contributed by atoms with van der Waals surface area (Å²) in [6.07, 6.45) is 3.81. The fraction of sp³-hybridized carbons (Fsp3) is 0.600. The van der Waals surface area contributed by atoms with Gasteiger partial charge in [-0.05, 0) is 68.2 Å². The zero-order valence-corrected chi connectivity index (χ0v) is 12.0. The summed E-state index contributed by atoms with van der Waals surface area (Å²) in [6.45, 7) is 7.80. The lowest BCUT2D eigenvalue weighted by Crippen LogP contribution is -2.22. The summed E-state index contributed by atoms with van der Waals surface area (Å²) >= 11 is 2.03. The molecule has 0 fully saturated rings. The van der Waals surface area contributed by atoms with Gasteiger partial charge in [0.1, 0.15) is 0 Å². The number of fused-ring (bicyclic) bond motifs is 1. The third-order valence-corrected chi connectivity index (χ3v) is 4.69. The van der Waals surface area contributed by atoms with Crippen LogP contribution in [0, 0.1) is 13.8 Å². The molecule has 0 saturated carbocycles. The standard InChI is InChI=1S/C15H23NS/c1-4-7-16-14-6-5-8-17-15-10-12(3)11(2)9-13(14)15/h9-10,14,16H,4-8H2,1-3H3. The molecule has 1 aliphatic heterocycles. The summed E-state index contributed by atoms with van der Waals surface area (Å²) in [5.74, 6) is 1.26. The second-order valence-electron chi connectivity index (χ2n) is 4.97. The second-order valence-corrected chi connectivity index (χ2v) is 6.11. The minimum atomic E-state index is 0.569. The Morgan fingerprint density at radius 3 is 2.82 bits per heavy atom.